The zero-order valence-corrected chi connectivity index (χ0v) is 14.1. The first kappa shape index (κ1) is 15.0. The molecule has 0 N–H and O–H groups in total. The van der Waals surface area contributed by atoms with Crippen molar-refractivity contribution in [2.24, 2.45) is 0 Å². The molecule has 0 saturated carbocycles. The summed E-state index contributed by atoms with van der Waals surface area (Å²) in [5, 5.41) is 0.898. The maximum absolute atomic E-state index is 6.24. The van der Waals surface area contributed by atoms with Crippen molar-refractivity contribution in [3.8, 4) is 5.75 Å². The van der Waals surface area contributed by atoms with Gasteiger partial charge in [0.15, 0.2) is 0 Å². The van der Waals surface area contributed by atoms with Crippen LogP contribution in [-0.4, -0.2) is 28.0 Å². The van der Waals surface area contributed by atoms with Gasteiger partial charge in [-0.15, -0.1) is 0 Å². The van der Waals surface area contributed by atoms with Gasteiger partial charge in [0.05, 0.1) is 5.02 Å². The molecule has 21 heavy (non-hydrogen) atoms. The number of hydrogen-bond acceptors (Lipinski definition) is 4. The molecule has 4 nitrogen and oxygen atoms in total. The van der Waals surface area contributed by atoms with Crippen LogP contribution in [0.5, 0.6) is 5.75 Å². The van der Waals surface area contributed by atoms with E-state index in [1.807, 2.05) is 12.1 Å². The van der Waals surface area contributed by atoms with E-state index in [0.29, 0.717) is 11.6 Å². The number of rotatable bonds is 2. The van der Waals surface area contributed by atoms with Gasteiger partial charge in [-0.25, -0.2) is 9.97 Å². The Kier molecular flexibility index (Phi) is 4.64. The number of fused-ring (bicyclic) bond motifs is 1. The summed E-state index contributed by atoms with van der Waals surface area (Å²) >= 11 is 15.4. The number of ether oxygens (including phenoxy) is 1. The van der Waals surface area contributed by atoms with Crippen LogP contribution in [0.25, 0.3) is 0 Å². The Morgan fingerprint density at radius 1 is 1.24 bits per heavy atom. The van der Waals surface area contributed by atoms with Gasteiger partial charge in [-0.3, -0.25) is 4.90 Å². The molecule has 0 radical (unpaired) electrons. The summed E-state index contributed by atoms with van der Waals surface area (Å²) in [5.74, 6) is 0.773. The van der Waals surface area contributed by atoms with E-state index in [1.54, 1.807) is 12.4 Å². The summed E-state index contributed by atoms with van der Waals surface area (Å²) in [5.41, 5.74) is 2.09. The monoisotopic (exact) mass is 387 g/mol. The quantitative estimate of drug-likeness (QED) is 0.730. The Bertz CT molecular complexity index is 651. The van der Waals surface area contributed by atoms with Gasteiger partial charge in [0.2, 0.25) is 5.28 Å². The molecule has 1 aliphatic heterocycles. The van der Waals surface area contributed by atoms with Gasteiger partial charge < -0.3 is 4.74 Å². The molecule has 0 amide bonds. The van der Waals surface area contributed by atoms with E-state index in [4.69, 9.17) is 27.9 Å². The first-order valence-electron chi connectivity index (χ1n) is 6.41. The predicted molar refractivity (Wildman–Crippen MR) is 85.8 cm³/mol. The van der Waals surface area contributed by atoms with Gasteiger partial charge in [0, 0.05) is 47.6 Å². The SMILES string of the molecule is Clc1ncc(CN2CCOc3c(Cl)cc(Br)cc3C2)cn1. The molecule has 0 spiro atoms. The van der Waals surface area contributed by atoms with Crippen LogP contribution in [0.2, 0.25) is 10.3 Å². The molecule has 0 saturated heterocycles. The maximum atomic E-state index is 6.24. The Labute approximate surface area is 141 Å². The van der Waals surface area contributed by atoms with Crippen molar-refractivity contribution in [2.75, 3.05) is 13.2 Å². The largest absolute Gasteiger partial charge is 0.490 e. The van der Waals surface area contributed by atoms with Gasteiger partial charge in [0.1, 0.15) is 12.4 Å². The van der Waals surface area contributed by atoms with Gasteiger partial charge in [0.25, 0.3) is 0 Å². The lowest BCUT2D eigenvalue weighted by Gasteiger charge is -2.19. The highest BCUT2D eigenvalue weighted by molar-refractivity contribution is 9.10. The van der Waals surface area contributed by atoms with Crippen molar-refractivity contribution >= 4 is 39.1 Å². The van der Waals surface area contributed by atoms with Crippen LogP contribution in [-0.2, 0) is 13.1 Å². The minimum absolute atomic E-state index is 0.263. The summed E-state index contributed by atoms with van der Waals surface area (Å²) in [7, 11) is 0. The number of benzene rings is 1. The minimum Gasteiger partial charge on any atom is -0.490 e. The van der Waals surface area contributed by atoms with Gasteiger partial charge >= 0.3 is 0 Å². The predicted octanol–water partition coefficient (Wildman–Crippen LogP) is 3.94. The zero-order chi connectivity index (χ0) is 14.8. The number of aromatic nitrogens is 2. The lowest BCUT2D eigenvalue weighted by molar-refractivity contribution is 0.219. The van der Waals surface area contributed by atoms with Crippen LogP contribution in [0.15, 0.2) is 29.0 Å². The lowest BCUT2D eigenvalue weighted by atomic mass is 10.2. The Morgan fingerprint density at radius 2 is 2.00 bits per heavy atom. The van der Waals surface area contributed by atoms with E-state index in [1.165, 1.54) is 0 Å². The normalized spacial score (nSPS) is 15.2. The van der Waals surface area contributed by atoms with E-state index in [9.17, 15) is 0 Å². The molecular formula is C14H12BrCl2N3O. The van der Waals surface area contributed by atoms with Crippen LogP contribution in [0.3, 0.4) is 0 Å². The third-order valence-corrected chi connectivity index (χ3v) is 4.15. The second kappa shape index (κ2) is 6.48. The van der Waals surface area contributed by atoms with Crippen LogP contribution >= 0.6 is 39.1 Å². The van der Waals surface area contributed by atoms with Crippen LogP contribution < -0.4 is 4.74 Å². The number of hydrogen-bond donors (Lipinski definition) is 0. The third-order valence-electron chi connectivity index (χ3n) is 3.21. The highest BCUT2D eigenvalue weighted by atomic mass is 79.9. The molecule has 2 heterocycles. The van der Waals surface area contributed by atoms with Gasteiger partial charge in [-0.05, 0) is 23.7 Å². The van der Waals surface area contributed by atoms with E-state index >= 15 is 0 Å². The molecule has 0 fully saturated rings. The van der Waals surface area contributed by atoms with Crippen molar-refractivity contribution < 1.29 is 4.74 Å². The molecule has 7 heteroatoms. The Hall–Kier alpha value is -0.880. The number of halogens is 3. The van der Waals surface area contributed by atoms with Gasteiger partial charge in [-0.2, -0.15) is 0 Å². The standard InChI is InChI=1S/C14H12BrCl2N3O/c15-11-3-10-8-20(1-2-21-13(10)12(16)4-11)7-9-5-18-14(17)19-6-9/h3-6H,1-2,7-8H2. The maximum Gasteiger partial charge on any atom is 0.222 e. The van der Waals surface area contributed by atoms with Crippen LogP contribution in [0.4, 0.5) is 0 Å². The fourth-order valence-corrected chi connectivity index (χ4v) is 3.33. The summed E-state index contributed by atoms with van der Waals surface area (Å²) in [6.45, 7) is 2.91. The molecule has 0 atom stereocenters. The van der Waals surface area contributed by atoms with Crippen LogP contribution in [0.1, 0.15) is 11.1 Å². The lowest BCUT2D eigenvalue weighted by Crippen LogP contribution is -2.25. The van der Waals surface area contributed by atoms with Crippen molar-refractivity contribution in [1.29, 1.82) is 0 Å². The van der Waals surface area contributed by atoms with Crippen molar-refractivity contribution in [3.63, 3.8) is 0 Å². The van der Waals surface area contributed by atoms with Crippen molar-refractivity contribution in [2.45, 2.75) is 13.1 Å². The van der Waals surface area contributed by atoms with Crippen molar-refractivity contribution in [1.82, 2.24) is 14.9 Å². The minimum atomic E-state index is 0.263. The fraction of sp³-hybridized carbons (Fsp3) is 0.286. The average molecular weight is 389 g/mol. The van der Waals surface area contributed by atoms with Crippen molar-refractivity contribution in [3.05, 3.63) is 50.4 Å². The smallest absolute Gasteiger partial charge is 0.222 e. The van der Waals surface area contributed by atoms with Crippen LogP contribution in [0, 0.1) is 0 Å². The molecule has 1 aliphatic rings. The van der Waals surface area contributed by atoms with E-state index < -0.39 is 0 Å². The zero-order valence-electron chi connectivity index (χ0n) is 11.0. The molecule has 0 aliphatic carbocycles. The Morgan fingerprint density at radius 3 is 2.76 bits per heavy atom. The van der Waals surface area contributed by atoms with E-state index in [2.05, 4.69) is 30.8 Å². The highest BCUT2D eigenvalue weighted by Gasteiger charge is 2.18. The van der Waals surface area contributed by atoms with E-state index in [0.717, 1.165) is 41.0 Å². The summed E-state index contributed by atoms with van der Waals surface area (Å²) in [6.07, 6.45) is 3.49. The summed E-state index contributed by atoms with van der Waals surface area (Å²) in [6, 6.07) is 3.89. The molecule has 0 unspecified atom stereocenters. The first-order valence-corrected chi connectivity index (χ1v) is 7.96. The van der Waals surface area contributed by atoms with Gasteiger partial charge in [-0.1, -0.05) is 27.5 Å². The van der Waals surface area contributed by atoms with E-state index in [-0.39, 0.29) is 5.28 Å². The average Bonchev–Trinajstić information content (AvgIpc) is 2.63. The molecule has 1 aromatic carbocycles. The molecule has 0 bridgehead atoms. The topological polar surface area (TPSA) is 38.2 Å². The summed E-state index contributed by atoms with van der Waals surface area (Å²) < 4.78 is 6.72. The third kappa shape index (κ3) is 3.66. The molecule has 110 valence electrons. The summed E-state index contributed by atoms with van der Waals surface area (Å²) in [4.78, 5) is 10.3. The highest BCUT2D eigenvalue weighted by Crippen LogP contribution is 2.34. The molecule has 3 rings (SSSR count). The molecule has 2 aromatic rings. The fourth-order valence-electron chi connectivity index (χ4n) is 2.30. The molecule has 1 aromatic heterocycles. The number of nitrogens with zero attached hydrogens (tertiary/aromatic N) is 3. The molecular weight excluding hydrogens is 377 g/mol. The second-order valence-corrected chi connectivity index (χ2v) is 6.46. The second-order valence-electron chi connectivity index (χ2n) is 4.80. The Balaban J connectivity index is 1.80. The first-order chi connectivity index (χ1) is 10.1.